The molecule has 0 bridgehead atoms. The minimum Gasteiger partial charge on any atom is -0.507 e. The number of amides is 1. The summed E-state index contributed by atoms with van der Waals surface area (Å²) in [6.07, 6.45) is 0. The number of Topliss-reactive ketones (excluding diaryl/α,β-unsaturated/α-hetero) is 1. The van der Waals surface area contributed by atoms with E-state index in [0.717, 1.165) is 27.1 Å². The molecule has 4 aromatic rings. The number of hydrogen-bond donors (Lipinski definition) is 1. The van der Waals surface area contributed by atoms with E-state index in [1.54, 1.807) is 11.0 Å². The molecule has 0 saturated carbocycles. The summed E-state index contributed by atoms with van der Waals surface area (Å²) in [4.78, 5) is 30.1. The lowest BCUT2D eigenvalue weighted by Crippen LogP contribution is -2.35. The number of carbonyl (C=O) groups excluding carboxylic acids is 2. The Balaban J connectivity index is 1.72. The second-order valence-electron chi connectivity index (χ2n) is 8.93. The van der Waals surface area contributed by atoms with Crippen molar-refractivity contribution in [3.05, 3.63) is 102 Å². The SMILES string of the molecule is CN(C)CCN1C(=O)C(=O)/C(=C(\O)c2ccc3ccccc3c2)C1c1cccc2ccccc12. The van der Waals surface area contributed by atoms with Gasteiger partial charge in [-0.05, 0) is 47.3 Å². The van der Waals surface area contributed by atoms with Crippen LogP contribution < -0.4 is 0 Å². The fourth-order valence-electron chi connectivity index (χ4n) is 4.72. The predicted molar refractivity (Wildman–Crippen MR) is 135 cm³/mol. The van der Waals surface area contributed by atoms with Gasteiger partial charge in [-0.3, -0.25) is 9.59 Å². The first-order chi connectivity index (χ1) is 16.5. The Morgan fingerprint density at radius 2 is 1.53 bits per heavy atom. The molecule has 0 radical (unpaired) electrons. The van der Waals surface area contributed by atoms with Crippen LogP contribution in [0.15, 0.2) is 90.5 Å². The van der Waals surface area contributed by atoms with Gasteiger partial charge in [-0.1, -0.05) is 78.9 Å². The third-order valence-electron chi connectivity index (χ3n) is 6.47. The maximum atomic E-state index is 13.3. The minimum absolute atomic E-state index is 0.135. The van der Waals surface area contributed by atoms with Gasteiger partial charge in [0.1, 0.15) is 5.76 Å². The zero-order chi connectivity index (χ0) is 23.8. The summed E-state index contributed by atoms with van der Waals surface area (Å²) >= 11 is 0. The minimum atomic E-state index is -0.669. The molecule has 4 aromatic carbocycles. The molecule has 170 valence electrons. The van der Waals surface area contributed by atoms with E-state index < -0.39 is 17.7 Å². The van der Waals surface area contributed by atoms with Crippen molar-refractivity contribution in [2.24, 2.45) is 0 Å². The summed E-state index contributed by atoms with van der Waals surface area (Å²) in [5, 5.41) is 15.4. The van der Waals surface area contributed by atoms with E-state index in [2.05, 4.69) is 0 Å². The van der Waals surface area contributed by atoms with Crippen LogP contribution in [0.4, 0.5) is 0 Å². The first kappa shape index (κ1) is 21.9. The number of likely N-dealkylation sites (N-methyl/N-ethyl adjacent to an activating group) is 1. The third-order valence-corrected chi connectivity index (χ3v) is 6.47. The van der Waals surface area contributed by atoms with Gasteiger partial charge >= 0.3 is 0 Å². The lowest BCUT2D eigenvalue weighted by Gasteiger charge is -2.27. The fourth-order valence-corrected chi connectivity index (χ4v) is 4.72. The molecule has 5 heteroatoms. The van der Waals surface area contributed by atoms with Crippen LogP contribution in [0.3, 0.4) is 0 Å². The van der Waals surface area contributed by atoms with Crippen LogP contribution >= 0.6 is 0 Å². The number of carbonyl (C=O) groups is 2. The average Bonchev–Trinajstić information content (AvgIpc) is 3.11. The average molecular weight is 451 g/mol. The summed E-state index contributed by atoms with van der Waals surface area (Å²) in [7, 11) is 3.86. The van der Waals surface area contributed by atoms with Crippen molar-refractivity contribution in [2.75, 3.05) is 27.2 Å². The number of benzene rings is 4. The van der Waals surface area contributed by atoms with Crippen LogP contribution in [0, 0.1) is 0 Å². The number of likely N-dealkylation sites (tertiary alicyclic amines) is 1. The first-order valence-corrected chi connectivity index (χ1v) is 11.4. The lowest BCUT2D eigenvalue weighted by molar-refractivity contribution is -0.140. The Kier molecular flexibility index (Phi) is 5.64. The Hall–Kier alpha value is -3.96. The van der Waals surface area contributed by atoms with Gasteiger partial charge in [0.15, 0.2) is 0 Å². The van der Waals surface area contributed by atoms with Crippen molar-refractivity contribution in [2.45, 2.75) is 6.04 Å². The van der Waals surface area contributed by atoms with E-state index in [1.165, 1.54) is 0 Å². The van der Waals surface area contributed by atoms with Gasteiger partial charge in [-0.25, -0.2) is 0 Å². The molecule has 0 aromatic heterocycles. The second kappa shape index (κ2) is 8.76. The lowest BCUT2D eigenvalue weighted by atomic mass is 9.91. The number of aliphatic hydroxyl groups excluding tert-OH is 1. The number of aliphatic hydroxyl groups is 1. The molecular formula is C29H26N2O3. The van der Waals surface area contributed by atoms with E-state index in [1.807, 2.05) is 97.9 Å². The van der Waals surface area contributed by atoms with Crippen LogP contribution in [0.25, 0.3) is 27.3 Å². The van der Waals surface area contributed by atoms with Gasteiger partial charge in [0.25, 0.3) is 11.7 Å². The molecule has 1 unspecified atom stereocenters. The zero-order valence-electron chi connectivity index (χ0n) is 19.2. The van der Waals surface area contributed by atoms with E-state index in [0.29, 0.717) is 18.7 Å². The van der Waals surface area contributed by atoms with Crippen LogP contribution in [0.2, 0.25) is 0 Å². The van der Waals surface area contributed by atoms with E-state index in [4.69, 9.17) is 0 Å². The van der Waals surface area contributed by atoms with Crippen molar-refractivity contribution >= 4 is 39.0 Å². The van der Waals surface area contributed by atoms with Crippen molar-refractivity contribution in [3.8, 4) is 0 Å². The molecule has 1 fully saturated rings. The molecule has 1 atom stereocenters. The maximum absolute atomic E-state index is 13.3. The number of fused-ring (bicyclic) bond motifs is 2. The summed E-state index contributed by atoms with van der Waals surface area (Å²) in [6, 6.07) is 26.5. The van der Waals surface area contributed by atoms with E-state index >= 15 is 0 Å². The topological polar surface area (TPSA) is 60.9 Å². The van der Waals surface area contributed by atoms with Crippen molar-refractivity contribution < 1.29 is 14.7 Å². The van der Waals surface area contributed by atoms with Gasteiger partial charge in [0.2, 0.25) is 0 Å². The summed E-state index contributed by atoms with van der Waals surface area (Å²) in [5.74, 6) is -1.38. The Morgan fingerprint density at radius 3 is 2.29 bits per heavy atom. The molecule has 1 heterocycles. The molecule has 34 heavy (non-hydrogen) atoms. The number of ketones is 1. The van der Waals surface area contributed by atoms with Gasteiger partial charge < -0.3 is 14.9 Å². The monoisotopic (exact) mass is 450 g/mol. The highest BCUT2D eigenvalue weighted by atomic mass is 16.3. The molecule has 0 spiro atoms. The normalized spacial score (nSPS) is 17.9. The summed E-state index contributed by atoms with van der Waals surface area (Å²) < 4.78 is 0. The first-order valence-electron chi connectivity index (χ1n) is 11.4. The predicted octanol–water partition coefficient (Wildman–Crippen LogP) is 4.98. The van der Waals surface area contributed by atoms with E-state index in [9.17, 15) is 14.7 Å². The van der Waals surface area contributed by atoms with Crippen LogP contribution in [-0.2, 0) is 9.59 Å². The molecular weight excluding hydrogens is 424 g/mol. The zero-order valence-corrected chi connectivity index (χ0v) is 19.2. The highest BCUT2D eigenvalue weighted by Gasteiger charge is 2.46. The third kappa shape index (κ3) is 3.74. The molecule has 0 aliphatic carbocycles. The van der Waals surface area contributed by atoms with Crippen molar-refractivity contribution in [1.82, 2.24) is 9.80 Å². The van der Waals surface area contributed by atoms with Crippen LogP contribution in [0.1, 0.15) is 17.2 Å². The molecule has 1 aliphatic rings. The second-order valence-corrected chi connectivity index (χ2v) is 8.93. The highest BCUT2D eigenvalue weighted by Crippen LogP contribution is 2.42. The maximum Gasteiger partial charge on any atom is 0.295 e. The quantitative estimate of drug-likeness (QED) is 0.265. The number of hydrogen-bond acceptors (Lipinski definition) is 4. The Bertz CT molecular complexity index is 1450. The van der Waals surface area contributed by atoms with Gasteiger partial charge in [0, 0.05) is 18.7 Å². The van der Waals surface area contributed by atoms with Crippen molar-refractivity contribution in [1.29, 1.82) is 0 Å². The smallest absolute Gasteiger partial charge is 0.295 e. The molecule has 5 rings (SSSR count). The molecule has 1 amide bonds. The molecule has 5 nitrogen and oxygen atoms in total. The number of rotatable bonds is 5. The standard InChI is InChI=1S/C29H26N2O3/c1-30(2)16-17-31-26(24-13-7-11-20-9-5-6-12-23(20)24)25(28(33)29(31)34)27(32)22-15-14-19-8-3-4-10-21(19)18-22/h3-15,18,26,32H,16-17H2,1-2H3/b27-25-. The summed E-state index contributed by atoms with van der Waals surface area (Å²) in [6.45, 7) is 0.976. The summed E-state index contributed by atoms with van der Waals surface area (Å²) in [5.41, 5.74) is 1.49. The highest BCUT2D eigenvalue weighted by molar-refractivity contribution is 6.46. The van der Waals surface area contributed by atoms with Crippen molar-refractivity contribution in [3.63, 3.8) is 0 Å². The van der Waals surface area contributed by atoms with E-state index in [-0.39, 0.29) is 11.3 Å². The molecule has 1 aliphatic heterocycles. The Morgan fingerprint density at radius 1 is 0.853 bits per heavy atom. The van der Waals surface area contributed by atoms with Crippen LogP contribution in [0.5, 0.6) is 0 Å². The molecule has 1 saturated heterocycles. The van der Waals surface area contributed by atoms with Crippen LogP contribution in [-0.4, -0.2) is 53.8 Å². The van der Waals surface area contributed by atoms with Gasteiger partial charge in [0.05, 0.1) is 11.6 Å². The Labute approximate surface area is 198 Å². The largest absolute Gasteiger partial charge is 0.507 e. The van der Waals surface area contributed by atoms with Gasteiger partial charge in [-0.15, -0.1) is 0 Å². The fraction of sp³-hybridized carbons (Fsp3) is 0.172. The molecule has 1 N–H and O–H groups in total. The number of nitrogens with zero attached hydrogens (tertiary/aromatic N) is 2. The van der Waals surface area contributed by atoms with Gasteiger partial charge in [-0.2, -0.15) is 0 Å².